The highest BCUT2D eigenvalue weighted by molar-refractivity contribution is 7.99. The van der Waals surface area contributed by atoms with E-state index < -0.39 is 6.86 Å². The Hall–Kier alpha value is -2.49. The van der Waals surface area contributed by atoms with Gasteiger partial charge in [0.15, 0.2) is 6.86 Å². The highest BCUT2D eigenvalue weighted by atomic mass is 35.5. The van der Waals surface area contributed by atoms with Gasteiger partial charge in [0.2, 0.25) is 0 Å². The maximum atomic E-state index is 14.5. The van der Waals surface area contributed by atoms with Gasteiger partial charge in [0, 0.05) is 40.8 Å². The molecule has 0 bridgehead atoms. The molecule has 40 heavy (non-hydrogen) atoms. The smallest absolute Gasteiger partial charge is 0.185 e. The number of aromatic nitrogens is 2. The quantitative estimate of drug-likeness (QED) is 0.202. The van der Waals surface area contributed by atoms with E-state index in [0.717, 1.165) is 62.0 Å². The van der Waals surface area contributed by atoms with E-state index >= 15 is 0 Å². The van der Waals surface area contributed by atoms with E-state index in [1.165, 1.54) is 35.1 Å². The summed E-state index contributed by atoms with van der Waals surface area (Å²) in [5, 5.41) is 7.41. The van der Waals surface area contributed by atoms with Crippen LogP contribution in [0.4, 0.5) is 8.78 Å². The summed E-state index contributed by atoms with van der Waals surface area (Å²) in [4.78, 5) is 12.3. The molecule has 1 aliphatic carbocycles. The Morgan fingerprint density at radius 2 is 1.80 bits per heavy atom. The van der Waals surface area contributed by atoms with Crippen LogP contribution >= 0.6 is 23.4 Å². The first kappa shape index (κ1) is 29.0. The highest BCUT2D eigenvalue weighted by Crippen LogP contribution is 2.37. The van der Waals surface area contributed by atoms with Crippen LogP contribution in [0.15, 0.2) is 65.6 Å². The zero-order chi connectivity index (χ0) is 27.9. The number of aliphatic hydroxyl groups is 1. The van der Waals surface area contributed by atoms with Crippen LogP contribution in [0.5, 0.6) is 0 Å². The fourth-order valence-electron chi connectivity index (χ4n) is 4.99. The number of halogens is 3. The largest absolute Gasteiger partial charge is 0.379 e. The molecule has 212 valence electrons. The number of aromatic amines is 1. The number of H-pyrrole nitrogens is 1. The van der Waals surface area contributed by atoms with Crippen molar-refractivity contribution in [3.05, 3.63) is 82.9 Å². The van der Waals surface area contributed by atoms with Crippen molar-refractivity contribution in [3.63, 3.8) is 0 Å². The molecule has 1 aromatic heterocycles. The van der Waals surface area contributed by atoms with Crippen LogP contribution in [0, 0.1) is 11.7 Å². The highest BCUT2D eigenvalue weighted by Gasteiger charge is 2.23. The molecule has 5 nitrogen and oxygen atoms in total. The van der Waals surface area contributed by atoms with Crippen molar-refractivity contribution in [1.29, 1.82) is 0 Å². The number of ether oxygens (including phenoxy) is 1. The van der Waals surface area contributed by atoms with Gasteiger partial charge >= 0.3 is 0 Å². The van der Waals surface area contributed by atoms with Crippen molar-refractivity contribution in [3.8, 4) is 11.1 Å². The number of rotatable bonds is 9. The normalized spacial score (nSPS) is 16.5. The van der Waals surface area contributed by atoms with Gasteiger partial charge in [-0.2, -0.15) is 0 Å². The SMILES string of the molecule is Fc1ccccc1-c1cc2nc(C(CCN3CCOCC3)c3ccc(SCC4CC4)cc3)[nH]c2cc1Cl.OCF. The molecule has 1 saturated carbocycles. The van der Waals surface area contributed by atoms with Gasteiger partial charge < -0.3 is 14.8 Å². The first-order valence-corrected chi connectivity index (χ1v) is 15.1. The first-order valence-electron chi connectivity index (χ1n) is 13.7. The standard InChI is InChI=1S/C30H31ClFN3OS.CH3FO/c31-26-18-29-28(17-25(26)24-3-1-2-4-27(24)32)33-30(34-29)23(11-12-35-13-15-36-16-14-35)21-7-9-22(10-8-21)37-19-20-5-6-20;2-1-3/h1-4,7-10,17-18,20,23H,5-6,11-16,19H2,(H,33,34);3H,1H2. The van der Waals surface area contributed by atoms with E-state index in [4.69, 9.17) is 26.4 Å². The van der Waals surface area contributed by atoms with E-state index in [0.29, 0.717) is 16.1 Å². The third kappa shape index (κ3) is 7.42. The van der Waals surface area contributed by atoms with Gasteiger partial charge in [-0.05, 0) is 67.6 Å². The fraction of sp³-hybridized carbons (Fsp3) is 0.387. The number of benzene rings is 3. The van der Waals surface area contributed by atoms with Gasteiger partial charge in [0.05, 0.1) is 29.3 Å². The van der Waals surface area contributed by atoms with E-state index in [2.05, 4.69) is 34.1 Å². The van der Waals surface area contributed by atoms with Crippen molar-refractivity contribution in [1.82, 2.24) is 14.9 Å². The summed E-state index contributed by atoms with van der Waals surface area (Å²) in [6.07, 6.45) is 3.70. The van der Waals surface area contributed by atoms with Gasteiger partial charge in [-0.15, -0.1) is 11.8 Å². The van der Waals surface area contributed by atoms with Crippen molar-refractivity contribution in [2.24, 2.45) is 5.92 Å². The number of imidazole rings is 1. The van der Waals surface area contributed by atoms with Crippen molar-refractivity contribution >= 4 is 34.4 Å². The predicted octanol–water partition coefficient (Wildman–Crippen LogP) is 7.28. The summed E-state index contributed by atoms with van der Waals surface area (Å²) in [6.45, 7) is 3.24. The molecule has 1 atom stereocenters. The summed E-state index contributed by atoms with van der Waals surface area (Å²) in [7, 11) is 0. The molecule has 4 aromatic rings. The molecule has 0 amide bonds. The van der Waals surface area contributed by atoms with Crippen molar-refractivity contribution in [2.75, 3.05) is 45.5 Å². The van der Waals surface area contributed by atoms with Crippen LogP contribution in [-0.4, -0.2) is 65.4 Å². The Bertz CT molecular complexity index is 1390. The zero-order valence-electron chi connectivity index (χ0n) is 22.3. The molecular weight excluding hydrogens is 552 g/mol. The number of alkyl halides is 1. The molecule has 0 spiro atoms. The summed E-state index contributed by atoms with van der Waals surface area (Å²) in [5.74, 6) is 2.87. The second-order valence-electron chi connectivity index (χ2n) is 10.2. The van der Waals surface area contributed by atoms with Gasteiger partial charge in [-0.1, -0.05) is 41.9 Å². The third-order valence-electron chi connectivity index (χ3n) is 7.39. The van der Waals surface area contributed by atoms with E-state index in [1.807, 2.05) is 30.0 Å². The van der Waals surface area contributed by atoms with E-state index in [-0.39, 0.29) is 11.7 Å². The van der Waals surface area contributed by atoms with Gasteiger partial charge in [0.1, 0.15) is 11.6 Å². The lowest BCUT2D eigenvalue weighted by Crippen LogP contribution is -2.37. The van der Waals surface area contributed by atoms with Gasteiger partial charge in [0.25, 0.3) is 0 Å². The molecule has 2 N–H and O–H groups in total. The lowest BCUT2D eigenvalue weighted by atomic mass is 9.94. The molecule has 3 aromatic carbocycles. The molecule has 2 aliphatic rings. The molecule has 6 rings (SSSR count). The molecule has 2 fully saturated rings. The minimum atomic E-state index is -1.25. The van der Waals surface area contributed by atoms with Crippen LogP contribution in [0.2, 0.25) is 5.02 Å². The summed E-state index contributed by atoms with van der Waals surface area (Å²) < 4.78 is 29.9. The topological polar surface area (TPSA) is 61.4 Å². The molecule has 1 aliphatic heterocycles. The predicted molar refractivity (Wildman–Crippen MR) is 158 cm³/mol. The third-order valence-corrected chi connectivity index (χ3v) is 8.94. The number of aliphatic hydroxyl groups excluding tert-OH is 1. The van der Waals surface area contributed by atoms with Gasteiger partial charge in [-0.25, -0.2) is 13.8 Å². The minimum absolute atomic E-state index is 0.119. The van der Waals surface area contributed by atoms with Crippen LogP contribution in [0.1, 0.15) is 36.6 Å². The lowest BCUT2D eigenvalue weighted by molar-refractivity contribution is 0.0369. The average Bonchev–Trinajstić information content (AvgIpc) is 3.72. The maximum absolute atomic E-state index is 14.5. The number of fused-ring (bicyclic) bond motifs is 1. The Kier molecular flexibility index (Phi) is 10.1. The Morgan fingerprint density at radius 3 is 2.50 bits per heavy atom. The van der Waals surface area contributed by atoms with E-state index in [1.54, 1.807) is 12.1 Å². The van der Waals surface area contributed by atoms with Crippen molar-refractivity contribution < 1.29 is 18.6 Å². The number of thioether (sulfide) groups is 1. The molecule has 0 radical (unpaired) electrons. The van der Waals surface area contributed by atoms with Crippen LogP contribution in [-0.2, 0) is 4.74 Å². The molecule has 1 saturated heterocycles. The number of morpholine rings is 1. The van der Waals surface area contributed by atoms with Crippen molar-refractivity contribution in [2.45, 2.75) is 30.1 Å². The summed E-state index contributed by atoms with van der Waals surface area (Å²) in [5.41, 5.74) is 4.07. The number of hydrogen-bond acceptors (Lipinski definition) is 5. The average molecular weight is 586 g/mol. The van der Waals surface area contributed by atoms with E-state index in [9.17, 15) is 8.78 Å². The second-order valence-corrected chi connectivity index (χ2v) is 11.7. The van der Waals surface area contributed by atoms with Crippen LogP contribution in [0.3, 0.4) is 0 Å². The van der Waals surface area contributed by atoms with Crippen LogP contribution < -0.4 is 0 Å². The Balaban J connectivity index is 0.00000103. The number of nitrogens with one attached hydrogen (secondary N) is 1. The molecule has 1 unspecified atom stereocenters. The Labute approximate surface area is 242 Å². The van der Waals surface area contributed by atoms with Crippen LogP contribution in [0.25, 0.3) is 22.2 Å². The minimum Gasteiger partial charge on any atom is -0.379 e. The first-order chi connectivity index (χ1) is 19.6. The maximum Gasteiger partial charge on any atom is 0.185 e. The molecule has 2 heterocycles. The molecule has 9 heteroatoms. The Morgan fingerprint density at radius 1 is 1.07 bits per heavy atom. The van der Waals surface area contributed by atoms with Gasteiger partial charge in [-0.3, -0.25) is 4.90 Å². The second kappa shape index (κ2) is 13.9. The summed E-state index contributed by atoms with van der Waals surface area (Å²) in [6, 6.07) is 19.5. The zero-order valence-corrected chi connectivity index (χ0v) is 23.9. The fourth-order valence-corrected chi connectivity index (χ4v) is 6.35. The summed E-state index contributed by atoms with van der Waals surface area (Å²) >= 11 is 8.58. The lowest BCUT2D eigenvalue weighted by Gasteiger charge is -2.28. The number of nitrogens with zero attached hydrogens (tertiary/aromatic N) is 2. The monoisotopic (exact) mass is 585 g/mol. The number of hydrogen-bond donors (Lipinski definition) is 2. The molecular formula is C31H34ClF2N3O2S.